The lowest BCUT2D eigenvalue weighted by Crippen LogP contribution is -2.43. The van der Waals surface area contributed by atoms with Crippen LogP contribution >= 0.6 is 0 Å². The Labute approximate surface area is 146 Å². The Morgan fingerprint density at radius 2 is 2.12 bits per heavy atom. The molecule has 0 saturated carbocycles. The molecule has 2 heterocycles. The molecule has 2 aliphatic heterocycles. The normalized spacial score (nSPS) is 25.1. The lowest BCUT2D eigenvalue weighted by atomic mass is 9.99. The number of hydrogen-bond acceptors (Lipinski definition) is 4. The van der Waals surface area contributed by atoms with Gasteiger partial charge in [0.1, 0.15) is 5.75 Å². The highest BCUT2D eigenvalue weighted by atomic mass is 16.5. The van der Waals surface area contributed by atoms with Gasteiger partial charge in [0.25, 0.3) is 0 Å². The SMILES string of the molecule is CCOCc1cc(CN2CC[C@@H]3NCCCCC[C@H]32)ccc1OC. The summed E-state index contributed by atoms with van der Waals surface area (Å²) in [6.07, 6.45) is 6.69. The maximum atomic E-state index is 5.60. The van der Waals surface area contributed by atoms with Crippen molar-refractivity contribution in [3.05, 3.63) is 29.3 Å². The predicted octanol–water partition coefficient (Wildman–Crippen LogP) is 3.34. The van der Waals surface area contributed by atoms with Gasteiger partial charge in [-0.15, -0.1) is 0 Å². The third kappa shape index (κ3) is 4.29. The first-order valence-electron chi connectivity index (χ1n) is 9.52. The second kappa shape index (κ2) is 8.84. The molecule has 24 heavy (non-hydrogen) atoms. The zero-order valence-electron chi connectivity index (χ0n) is 15.2. The first kappa shape index (κ1) is 17.7. The van der Waals surface area contributed by atoms with Gasteiger partial charge in [-0.25, -0.2) is 0 Å². The Bertz CT molecular complexity index is 520. The number of rotatable bonds is 6. The molecule has 0 aliphatic carbocycles. The van der Waals surface area contributed by atoms with E-state index in [0.717, 1.165) is 24.5 Å². The maximum Gasteiger partial charge on any atom is 0.124 e. The highest BCUT2D eigenvalue weighted by Gasteiger charge is 2.33. The highest BCUT2D eigenvalue weighted by Crippen LogP contribution is 2.28. The Kier molecular flexibility index (Phi) is 6.52. The number of nitrogens with zero attached hydrogens (tertiary/aromatic N) is 1. The van der Waals surface area contributed by atoms with Crippen molar-refractivity contribution in [2.75, 3.05) is 26.8 Å². The lowest BCUT2D eigenvalue weighted by Gasteiger charge is -2.30. The Morgan fingerprint density at radius 3 is 2.96 bits per heavy atom. The number of methoxy groups -OCH3 is 1. The number of hydrogen-bond donors (Lipinski definition) is 1. The quantitative estimate of drug-likeness (QED) is 0.866. The number of fused-ring (bicyclic) bond motifs is 1. The van der Waals surface area contributed by atoms with E-state index in [9.17, 15) is 0 Å². The third-order valence-corrected chi connectivity index (χ3v) is 5.44. The van der Waals surface area contributed by atoms with Crippen LogP contribution in [0.3, 0.4) is 0 Å². The zero-order chi connectivity index (χ0) is 16.8. The highest BCUT2D eigenvalue weighted by molar-refractivity contribution is 5.37. The van der Waals surface area contributed by atoms with Gasteiger partial charge in [-0.2, -0.15) is 0 Å². The fourth-order valence-corrected chi connectivity index (χ4v) is 4.17. The minimum Gasteiger partial charge on any atom is -0.496 e. The molecule has 4 nitrogen and oxygen atoms in total. The molecule has 1 N–H and O–H groups in total. The molecule has 1 aromatic carbocycles. The van der Waals surface area contributed by atoms with E-state index >= 15 is 0 Å². The molecule has 134 valence electrons. The van der Waals surface area contributed by atoms with Crippen molar-refractivity contribution in [3.8, 4) is 5.75 Å². The van der Waals surface area contributed by atoms with E-state index in [-0.39, 0.29) is 0 Å². The fourth-order valence-electron chi connectivity index (χ4n) is 4.17. The van der Waals surface area contributed by atoms with Crippen molar-refractivity contribution in [2.45, 2.75) is 64.3 Å². The third-order valence-electron chi connectivity index (χ3n) is 5.44. The van der Waals surface area contributed by atoms with E-state index in [1.807, 2.05) is 6.92 Å². The average molecular weight is 332 g/mol. The monoisotopic (exact) mass is 332 g/mol. The second-order valence-corrected chi connectivity index (χ2v) is 7.02. The zero-order valence-corrected chi connectivity index (χ0v) is 15.2. The van der Waals surface area contributed by atoms with Crippen molar-refractivity contribution in [1.82, 2.24) is 10.2 Å². The predicted molar refractivity (Wildman–Crippen MR) is 97.4 cm³/mol. The molecule has 3 rings (SSSR count). The van der Waals surface area contributed by atoms with Crippen LogP contribution in [0.4, 0.5) is 0 Å². The molecule has 0 amide bonds. The van der Waals surface area contributed by atoms with Crippen molar-refractivity contribution in [2.24, 2.45) is 0 Å². The minimum absolute atomic E-state index is 0.626. The van der Waals surface area contributed by atoms with Crippen LogP contribution in [0.25, 0.3) is 0 Å². The summed E-state index contributed by atoms with van der Waals surface area (Å²) in [6, 6.07) is 7.94. The Balaban J connectivity index is 1.68. The molecule has 1 aromatic rings. The average Bonchev–Trinajstić information content (AvgIpc) is 2.93. The molecule has 2 saturated heterocycles. The smallest absolute Gasteiger partial charge is 0.124 e. The van der Waals surface area contributed by atoms with Gasteiger partial charge in [0.05, 0.1) is 13.7 Å². The molecule has 0 bridgehead atoms. The molecule has 0 aromatic heterocycles. The number of ether oxygens (including phenoxy) is 2. The van der Waals surface area contributed by atoms with Crippen LogP contribution in [0.1, 0.15) is 50.2 Å². The van der Waals surface area contributed by atoms with Gasteiger partial charge < -0.3 is 14.8 Å². The van der Waals surface area contributed by atoms with Crippen LogP contribution in [0.2, 0.25) is 0 Å². The van der Waals surface area contributed by atoms with Gasteiger partial charge >= 0.3 is 0 Å². The molecule has 2 fully saturated rings. The molecule has 0 radical (unpaired) electrons. The summed E-state index contributed by atoms with van der Waals surface area (Å²) in [5.41, 5.74) is 2.52. The van der Waals surface area contributed by atoms with Crippen molar-refractivity contribution >= 4 is 0 Å². The van der Waals surface area contributed by atoms with E-state index in [1.54, 1.807) is 7.11 Å². The maximum absolute atomic E-state index is 5.60. The van der Waals surface area contributed by atoms with Gasteiger partial charge in [0.2, 0.25) is 0 Å². The van der Waals surface area contributed by atoms with Crippen molar-refractivity contribution in [3.63, 3.8) is 0 Å². The van der Waals surface area contributed by atoms with E-state index < -0.39 is 0 Å². The molecule has 2 atom stereocenters. The van der Waals surface area contributed by atoms with Gasteiger partial charge in [0, 0.05) is 37.3 Å². The van der Waals surface area contributed by atoms with Crippen LogP contribution in [-0.2, 0) is 17.9 Å². The fraction of sp³-hybridized carbons (Fsp3) is 0.700. The van der Waals surface area contributed by atoms with Crippen LogP contribution in [0, 0.1) is 0 Å². The molecule has 4 heteroatoms. The summed E-state index contributed by atoms with van der Waals surface area (Å²) < 4.78 is 11.1. The summed E-state index contributed by atoms with van der Waals surface area (Å²) in [4.78, 5) is 2.68. The van der Waals surface area contributed by atoms with Crippen LogP contribution in [-0.4, -0.2) is 43.8 Å². The van der Waals surface area contributed by atoms with E-state index in [2.05, 4.69) is 28.4 Å². The largest absolute Gasteiger partial charge is 0.496 e. The van der Waals surface area contributed by atoms with Crippen LogP contribution in [0.5, 0.6) is 5.75 Å². The number of benzene rings is 1. The summed E-state index contributed by atoms with van der Waals surface area (Å²) in [7, 11) is 1.73. The summed E-state index contributed by atoms with van der Waals surface area (Å²) in [5.74, 6) is 0.930. The van der Waals surface area contributed by atoms with Crippen molar-refractivity contribution < 1.29 is 9.47 Å². The van der Waals surface area contributed by atoms with E-state index in [4.69, 9.17) is 9.47 Å². The molecule has 0 unspecified atom stereocenters. The number of nitrogens with one attached hydrogen (secondary N) is 1. The Morgan fingerprint density at radius 1 is 1.21 bits per heavy atom. The van der Waals surface area contributed by atoms with Gasteiger partial charge in [-0.1, -0.05) is 18.9 Å². The van der Waals surface area contributed by atoms with Crippen LogP contribution < -0.4 is 10.1 Å². The van der Waals surface area contributed by atoms with Crippen molar-refractivity contribution in [1.29, 1.82) is 0 Å². The summed E-state index contributed by atoms with van der Waals surface area (Å²) in [5, 5.41) is 3.78. The topological polar surface area (TPSA) is 33.7 Å². The lowest BCUT2D eigenvalue weighted by molar-refractivity contribution is 0.131. The van der Waals surface area contributed by atoms with Gasteiger partial charge in [0.15, 0.2) is 0 Å². The van der Waals surface area contributed by atoms with Gasteiger partial charge in [-0.3, -0.25) is 4.90 Å². The minimum atomic E-state index is 0.626. The van der Waals surface area contributed by atoms with E-state index in [0.29, 0.717) is 18.7 Å². The molecular weight excluding hydrogens is 300 g/mol. The first-order chi connectivity index (χ1) is 11.8. The van der Waals surface area contributed by atoms with Crippen LogP contribution in [0.15, 0.2) is 18.2 Å². The first-order valence-corrected chi connectivity index (χ1v) is 9.52. The van der Waals surface area contributed by atoms with E-state index in [1.165, 1.54) is 50.8 Å². The summed E-state index contributed by atoms with van der Waals surface area (Å²) in [6.45, 7) is 6.82. The number of likely N-dealkylation sites (tertiary alicyclic amines) is 1. The molecular formula is C20H32N2O2. The Hall–Kier alpha value is -1.10. The molecule has 2 aliphatic rings. The summed E-state index contributed by atoms with van der Waals surface area (Å²) >= 11 is 0. The molecule has 0 spiro atoms. The standard InChI is InChI=1S/C20H32N2O2/c1-3-24-15-17-13-16(8-9-20(17)23-2)14-22-12-10-18-19(22)7-5-4-6-11-21-18/h8-9,13,18-19,21H,3-7,10-12,14-15H2,1-2H3/t18-,19+/m0/s1. The second-order valence-electron chi connectivity index (χ2n) is 7.02. The van der Waals surface area contributed by atoms with Gasteiger partial charge in [-0.05, 0) is 50.4 Å².